The van der Waals surface area contributed by atoms with Gasteiger partial charge in [0.15, 0.2) is 4.50 Å². The molecule has 25 heavy (non-hydrogen) atoms. The van der Waals surface area contributed by atoms with E-state index >= 15 is 0 Å². The van der Waals surface area contributed by atoms with Crippen molar-refractivity contribution in [3.8, 4) is 0 Å². The van der Waals surface area contributed by atoms with Crippen molar-refractivity contribution >= 4 is 44.9 Å². The summed E-state index contributed by atoms with van der Waals surface area (Å²) in [5.74, 6) is 0. The minimum Gasteiger partial charge on any atom is -0.258 e. The number of hydrogen-bond donors (Lipinski definition) is 0. The van der Waals surface area contributed by atoms with E-state index in [1.165, 1.54) is 17.8 Å². The predicted molar refractivity (Wildman–Crippen MR) is 99.2 cm³/mol. The summed E-state index contributed by atoms with van der Waals surface area (Å²) in [6.45, 7) is 5.88. The number of aryl methyl sites for hydroxylation is 3. The quantitative estimate of drug-likeness (QED) is 0.231. The van der Waals surface area contributed by atoms with Crippen LogP contribution in [-0.4, -0.2) is 14.3 Å². The minimum absolute atomic E-state index is 0.0319. The van der Waals surface area contributed by atoms with Crippen LogP contribution in [0.2, 0.25) is 0 Å². The van der Waals surface area contributed by atoms with E-state index in [2.05, 4.69) is 4.99 Å². The normalized spacial score (nSPS) is 11.4. The van der Waals surface area contributed by atoms with E-state index < -0.39 is 15.5 Å². The maximum Gasteiger partial charge on any atom is 0.301 e. The van der Waals surface area contributed by atoms with Crippen molar-refractivity contribution in [2.45, 2.75) is 25.7 Å². The molecule has 0 fully saturated rings. The van der Waals surface area contributed by atoms with E-state index in [4.69, 9.17) is 11.6 Å². The summed E-state index contributed by atoms with van der Waals surface area (Å²) in [6.07, 6.45) is 0. The van der Waals surface area contributed by atoms with Gasteiger partial charge in [0.25, 0.3) is 5.69 Å². The summed E-state index contributed by atoms with van der Waals surface area (Å²) in [6, 6.07) is 7.26. The lowest BCUT2D eigenvalue weighted by molar-refractivity contribution is -0.393. The van der Waals surface area contributed by atoms with Crippen LogP contribution in [0.25, 0.3) is 0 Å². The number of rotatable bonds is 4. The van der Waals surface area contributed by atoms with E-state index in [9.17, 15) is 20.2 Å². The van der Waals surface area contributed by atoms with Gasteiger partial charge < -0.3 is 0 Å². The van der Waals surface area contributed by atoms with Crippen LogP contribution in [0.15, 0.2) is 40.2 Å². The zero-order valence-electron chi connectivity index (χ0n) is 13.6. The molecule has 0 radical (unpaired) electrons. The second kappa shape index (κ2) is 7.62. The number of aliphatic imine (C=N–C) groups is 1. The van der Waals surface area contributed by atoms with E-state index in [0.29, 0.717) is 0 Å². The Bertz CT molecular complexity index is 876. The molecule has 7 nitrogen and oxygen atoms in total. The average Bonchev–Trinajstić information content (AvgIpc) is 2.50. The molecule has 0 unspecified atom stereocenters. The maximum absolute atomic E-state index is 11.1. The number of nitro groups is 2. The lowest BCUT2D eigenvalue weighted by atomic mass is 10.1. The van der Waals surface area contributed by atoms with Crippen LogP contribution in [0.1, 0.15) is 16.7 Å². The molecule has 0 bridgehead atoms. The number of thioether (sulfide) groups is 1. The number of benzene rings is 2. The van der Waals surface area contributed by atoms with Crippen molar-refractivity contribution in [1.82, 2.24) is 0 Å². The van der Waals surface area contributed by atoms with Crippen molar-refractivity contribution in [3.05, 3.63) is 67.3 Å². The first-order valence-corrected chi connectivity index (χ1v) is 8.31. The van der Waals surface area contributed by atoms with Gasteiger partial charge in [-0.25, -0.2) is 4.99 Å². The van der Waals surface area contributed by atoms with Crippen LogP contribution in [0.3, 0.4) is 0 Å². The SMILES string of the molecule is Cc1cc(C)c(SC(Cl)=Nc2ccc([N+](=O)[O-])cc2[N+](=O)[O-])c(C)c1. The summed E-state index contributed by atoms with van der Waals surface area (Å²) in [5.41, 5.74) is 2.29. The average molecular weight is 380 g/mol. The number of nitro benzene ring substituents is 2. The van der Waals surface area contributed by atoms with Crippen molar-refractivity contribution in [3.63, 3.8) is 0 Å². The van der Waals surface area contributed by atoms with Gasteiger partial charge in [0.05, 0.1) is 15.9 Å². The molecule has 0 aliphatic heterocycles. The summed E-state index contributed by atoms with van der Waals surface area (Å²) >= 11 is 7.36. The van der Waals surface area contributed by atoms with Crippen molar-refractivity contribution in [1.29, 1.82) is 0 Å². The zero-order chi connectivity index (χ0) is 18.7. The highest BCUT2D eigenvalue weighted by Crippen LogP contribution is 2.35. The maximum atomic E-state index is 11.1. The number of nitrogens with zero attached hydrogens (tertiary/aromatic N) is 3. The van der Waals surface area contributed by atoms with Crippen molar-refractivity contribution in [2.24, 2.45) is 4.99 Å². The third-order valence-electron chi connectivity index (χ3n) is 3.37. The number of halogens is 1. The highest BCUT2D eigenvalue weighted by Gasteiger charge is 2.20. The molecule has 0 saturated carbocycles. The Labute approximate surface area is 153 Å². The van der Waals surface area contributed by atoms with E-state index in [1.54, 1.807) is 0 Å². The Morgan fingerprint density at radius 1 is 1.04 bits per heavy atom. The first-order chi connectivity index (χ1) is 11.7. The largest absolute Gasteiger partial charge is 0.301 e. The van der Waals surface area contributed by atoms with Gasteiger partial charge in [0, 0.05) is 11.0 Å². The number of hydrogen-bond acceptors (Lipinski definition) is 6. The third-order valence-corrected chi connectivity index (χ3v) is 4.79. The fraction of sp³-hybridized carbons (Fsp3) is 0.188. The molecule has 130 valence electrons. The Balaban J connectivity index is 2.40. The standard InChI is InChI=1S/C16H14ClN3O4S/c1-9-6-10(2)15(11(3)7-9)25-16(17)18-13-5-4-12(19(21)22)8-14(13)20(23)24/h4-8H,1-3H3. The monoisotopic (exact) mass is 379 g/mol. The van der Waals surface area contributed by atoms with Gasteiger partial charge in [-0.05, 0) is 38.0 Å². The predicted octanol–water partition coefficient (Wildman–Crippen LogP) is 5.45. The van der Waals surface area contributed by atoms with Gasteiger partial charge in [0.1, 0.15) is 5.69 Å². The number of non-ortho nitro benzene ring substituents is 1. The molecule has 2 rings (SSSR count). The topological polar surface area (TPSA) is 98.6 Å². The molecular formula is C16H14ClN3O4S. The molecule has 2 aromatic carbocycles. The molecular weight excluding hydrogens is 366 g/mol. The molecule has 0 amide bonds. The first kappa shape index (κ1) is 18.9. The highest BCUT2D eigenvalue weighted by atomic mass is 35.5. The molecule has 0 N–H and O–H groups in total. The van der Waals surface area contributed by atoms with Crippen LogP contribution in [0, 0.1) is 41.0 Å². The Morgan fingerprint density at radius 3 is 2.16 bits per heavy atom. The lowest BCUT2D eigenvalue weighted by Gasteiger charge is -2.09. The van der Waals surface area contributed by atoms with E-state index in [-0.39, 0.29) is 15.9 Å². The smallest absolute Gasteiger partial charge is 0.258 e. The Hall–Kier alpha value is -2.45. The third kappa shape index (κ3) is 4.55. The fourth-order valence-electron chi connectivity index (χ4n) is 2.40. The van der Waals surface area contributed by atoms with Crippen LogP contribution in [0.4, 0.5) is 17.1 Å². The fourth-order valence-corrected chi connectivity index (χ4v) is 3.47. The second-order valence-corrected chi connectivity index (χ2v) is 6.96. The van der Waals surface area contributed by atoms with Gasteiger partial charge in [-0.3, -0.25) is 20.2 Å². The molecule has 2 aromatic rings. The summed E-state index contributed by atoms with van der Waals surface area (Å²) in [7, 11) is 0. The second-order valence-electron chi connectivity index (χ2n) is 5.38. The molecule has 0 aliphatic carbocycles. The van der Waals surface area contributed by atoms with Crippen LogP contribution < -0.4 is 0 Å². The van der Waals surface area contributed by atoms with Crippen molar-refractivity contribution < 1.29 is 9.85 Å². The summed E-state index contributed by atoms with van der Waals surface area (Å²) < 4.78 is 0.0898. The van der Waals surface area contributed by atoms with E-state index in [0.717, 1.165) is 33.7 Å². The molecule has 9 heteroatoms. The Morgan fingerprint density at radius 2 is 1.64 bits per heavy atom. The van der Waals surface area contributed by atoms with Crippen LogP contribution >= 0.6 is 23.4 Å². The summed E-state index contributed by atoms with van der Waals surface area (Å²) in [5, 5.41) is 21.9. The highest BCUT2D eigenvalue weighted by molar-refractivity contribution is 8.16. The molecule has 0 aromatic heterocycles. The molecule has 0 heterocycles. The Kier molecular flexibility index (Phi) is 5.76. The van der Waals surface area contributed by atoms with Crippen LogP contribution in [-0.2, 0) is 0 Å². The van der Waals surface area contributed by atoms with Gasteiger partial charge in [-0.1, -0.05) is 41.1 Å². The molecule has 0 aliphatic rings. The van der Waals surface area contributed by atoms with Crippen LogP contribution in [0.5, 0.6) is 0 Å². The molecule has 0 saturated heterocycles. The van der Waals surface area contributed by atoms with Crippen molar-refractivity contribution in [2.75, 3.05) is 0 Å². The van der Waals surface area contributed by atoms with Gasteiger partial charge in [-0.2, -0.15) is 0 Å². The molecule has 0 spiro atoms. The lowest BCUT2D eigenvalue weighted by Crippen LogP contribution is -1.94. The van der Waals surface area contributed by atoms with Gasteiger partial charge in [-0.15, -0.1) is 0 Å². The van der Waals surface area contributed by atoms with Gasteiger partial charge in [0.2, 0.25) is 0 Å². The molecule has 0 atom stereocenters. The first-order valence-electron chi connectivity index (χ1n) is 7.11. The minimum atomic E-state index is -0.719. The summed E-state index contributed by atoms with van der Waals surface area (Å²) in [4.78, 5) is 25.5. The zero-order valence-corrected chi connectivity index (χ0v) is 15.2. The van der Waals surface area contributed by atoms with E-state index in [1.807, 2.05) is 32.9 Å². The van der Waals surface area contributed by atoms with Gasteiger partial charge >= 0.3 is 5.69 Å².